The zero-order chi connectivity index (χ0) is 24.7. The number of amides is 2. The van der Waals surface area contributed by atoms with Crippen molar-refractivity contribution in [2.75, 3.05) is 48.4 Å². The fraction of sp³-hybridized carbons (Fsp3) is 0.310. The summed E-state index contributed by atoms with van der Waals surface area (Å²) in [6.07, 6.45) is 0. The summed E-state index contributed by atoms with van der Waals surface area (Å²) in [5, 5.41) is 0. The van der Waals surface area contributed by atoms with Gasteiger partial charge in [0.1, 0.15) is 0 Å². The second-order valence-corrected chi connectivity index (χ2v) is 10.9. The monoisotopic (exact) mass is 498 g/mol. The number of para-hydroxylation sites is 1. The standard InChI is InChI=1S/C29H30N4O2S/c1-22-11-13-24(14-12-22)33-27(34)20-36-29(33)25-9-5-6-10-26(25)32(28(29)35)21-31-17-15-30(16-18-31)19-23-7-3-2-4-8-23/h2-14H,15-21H2,1H3. The Balaban J connectivity index is 1.24. The molecule has 3 aromatic rings. The lowest BCUT2D eigenvalue weighted by Crippen LogP contribution is -2.54. The predicted octanol–water partition coefficient (Wildman–Crippen LogP) is 4.05. The highest BCUT2D eigenvalue weighted by Gasteiger charge is 2.61. The number of hydrogen-bond donors (Lipinski definition) is 0. The van der Waals surface area contributed by atoms with E-state index >= 15 is 0 Å². The first-order valence-corrected chi connectivity index (χ1v) is 13.5. The van der Waals surface area contributed by atoms with E-state index in [9.17, 15) is 9.59 Å². The number of anilines is 2. The third kappa shape index (κ3) is 3.92. The van der Waals surface area contributed by atoms with Crippen LogP contribution in [0, 0.1) is 6.92 Å². The average molecular weight is 499 g/mol. The minimum absolute atomic E-state index is 0.0214. The van der Waals surface area contributed by atoms with Crippen LogP contribution in [-0.2, 0) is 21.0 Å². The van der Waals surface area contributed by atoms with Gasteiger partial charge in [-0.05, 0) is 30.7 Å². The molecule has 36 heavy (non-hydrogen) atoms. The second kappa shape index (κ2) is 9.39. The maximum absolute atomic E-state index is 14.2. The van der Waals surface area contributed by atoms with Gasteiger partial charge >= 0.3 is 0 Å². The maximum Gasteiger partial charge on any atom is 0.269 e. The van der Waals surface area contributed by atoms with Crippen LogP contribution in [0.1, 0.15) is 16.7 Å². The van der Waals surface area contributed by atoms with E-state index < -0.39 is 4.87 Å². The maximum atomic E-state index is 14.2. The number of benzene rings is 3. The molecule has 2 saturated heterocycles. The van der Waals surface area contributed by atoms with Gasteiger partial charge in [-0.15, -0.1) is 11.8 Å². The van der Waals surface area contributed by atoms with Gasteiger partial charge in [-0.3, -0.25) is 29.2 Å². The highest BCUT2D eigenvalue weighted by molar-refractivity contribution is 8.02. The molecule has 0 N–H and O–H groups in total. The van der Waals surface area contributed by atoms with Crippen molar-refractivity contribution in [1.29, 1.82) is 0 Å². The van der Waals surface area contributed by atoms with E-state index in [1.807, 2.05) is 60.4 Å². The minimum Gasteiger partial charge on any atom is -0.297 e. The number of piperazine rings is 1. The normalized spacial score (nSPS) is 22.6. The van der Waals surface area contributed by atoms with Crippen LogP contribution in [0.5, 0.6) is 0 Å². The van der Waals surface area contributed by atoms with Gasteiger partial charge in [0.25, 0.3) is 5.91 Å². The van der Waals surface area contributed by atoms with Crippen LogP contribution in [0.4, 0.5) is 11.4 Å². The van der Waals surface area contributed by atoms with Crippen molar-refractivity contribution in [2.45, 2.75) is 18.3 Å². The number of aryl methyl sites for hydroxylation is 1. The van der Waals surface area contributed by atoms with Gasteiger partial charge in [0.2, 0.25) is 10.8 Å². The largest absolute Gasteiger partial charge is 0.297 e. The minimum atomic E-state index is -1.04. The van der Waals surface area contributed by atoms with E-state index in [0.717, 1.165) is 55.2 Å². The fourth-order valence-electron chi connectivity index (χ4n) is 5.52. The van der Waals surface area contributed by atoms with Crippen molar-refractivity contribution < 1.29 is 9.59 Å². The molecule has 3 aromatic carbocycles. The molecule has 0 radical (unpaired) electrons. The Hall–Kier alpha value is -3.13. The van der Waals surface area contributed by atoms with Crippen molar-refractivity contribution in [3.8, 4) is 0 Å². The Morgan fingerprint density at radius 2 is 1.47 bits per heavy atom. The average Bonchev–Trinajstić information content (AvgIpc) is 3.37. The Labute approximate surface area is 216 Å². The summed E-state index contributed by atoms with van der Waals surface area (Å²) >= 11 is 1.44. The van der Waals surface area contributed by atoms with E-state index in [2.05, 4.69) is 40.1 Å². The summed E-state index contributed by atoms with van der Waals surface area (Å²) in [7, 11) is 0. The lowest BCUT2D eigenvalue weighted by atomic mass is 10.0. The molecule has 0 aliphatic carbocycles. The third-order valence-corrected chi connectivity index (χ3v) is 8.80. The first kappa shape index (κ1) is 23.3. The van der Waals surface area contributed by atoms with E-state index in [-0.39, 0.29) is 11.8 Å². The number of fused-ring (bicyclic) bond motifs is 2. The van der Waals surface area contributed by atoms with Crippen molar-refractivity contribution in [3.05, 3.63) is 95.6 Å². The summed E-state index contributed by atoms with van der Waals surface area (Å²) in [5.41, 5.74) is 5.05. The molecule has 6 nitrogen and oxygen atoms in total. The molecule has 0 aromatic heterocycles. The number of carbonyl (C=O) groups excluding carboxylic acids is 2. The third-order valence-electron chi connectivity index (χ3n) is 7.41. The van der Waals surface area contributed by atoms with Gasteiger partial charge in [-0.25, -0.2) is 0 Å². The second-order valence-electron chi connectivity index (χ2n) is 9.77. The predicted molar refractivity (Wildman–Crippen MR) is 145 cm³/mol. The van der Waals surface area contributed by atoms with Gasteiger partial charge in [-0.1, -0.05) is 66.2 Å². The highest BCUT2D eigenvalue weighted by atomic mass is 32.2. The van der Waals surface area contributed by atoms with E-state index in [1.165, 1.54) is 17.3 Å². The molecule has 184 valence electrons. The Bertz CT molecular complexity index is 1270. The van der Waals surface area contributed by atoms with Gasteiger partial charge < -0.3 is 0 Å². The van der Waals surface area contributed by atoms with Crippen LogP contribution in [0.3, 0.4) is 0 Å². The topological polar surface area (TPSA) is 47.1 Å². The highest BCUT2D eigenvalue weighted by Crippen LogP contribution is 2.55. The molecule has 3 aliphatic rings. The van der Waals surface area contributed by atoms with Crippen LogP contribution >= 0.6 is 11.8 Å². The summed E-state index contributed by atoms with van der Waals surface area (Å²) < 4.78 is 0. The Morgan fingerprint density at radius 1 is 0.806 bits per heavy atom. The number of thioether (sulfide) groups is 1. The van der Waals surface area contributed by atoms with Crippen LogP contribution in [0.25, 0.3) is 0 Å². The van der Waals surface area contributed by atoms with Gasteiger partial charge in [0, 0.05) is 44.0 Å². The summed E-state index contributed by atoms with van der Waals surface area (Å²) in [6, 6.07) is 26.4. The molecule has 1 spiro atoms. The smallest absolute Gasteiger partial charge is 0.269 e. The quantitative estimate of drug-likeness (QED) is 0.531. The van der Waals surface area contributed by atoms with Crippen molar-refractivity contribution in [3.63, 3.8) is 0 Å². The summed E-state index contributed by atoms with van der Waals surface area (Å²) in [5.74, 6) is 0.246. The SMILES string of the molecule is Cc1ccc(N2C(=O)CSC23C(=O)N(CN2CCN(Cc4ccccc4)CC2)c2ccccc23)cc1. The van der Waals surface area contributed by atoms with Crippen molar-refractivity contribution >= 4 is 35.0 Å². The number of hydrogen-bond acceptors (Lipinski definition) is 5. The van der Waals surface area contributed by atoms with E-state index in [1.54, 1.807) is 4.90 Å². The molecular weight excluding hydrogens is 468 g/mol. The molecule has 2 fully saturated rings. The molecule has 0 bridgehead atoms. The number of rotatable bonds is 5. The zero-order valence-electron chi connectivity index (χ0n) is 20.5. The Kier molecular flexibility index (Phi) is 6.07. The van der Waals surface area contributed by atoms with Crippen LogP contribution in [0.15, 0.2) is 78.9 Å². The number of carbonyl (C=O) groups is 2. The lowest BCUT2D eigenvalue weighted by Gasteiger charge is -2.37. The molecule has 3 aliphatic heterocycles. The molecule has 7 heteroatoms. The molecule has 2 amide bonds. The zero-order valence-corrected chi connectivity index (χ0v) is 21.3. The number of nitrogens with zero attached hydrogens (tertiary/aromatic N) is 4. The van der Waals surface area contributed by atoms with Crippen LogP contribution in [-0.4, -0.2) is 60.2 Å². The first-order valence-electron chi connectivity index (χ1n) is 12.5. The fourth-order valence-corrected chi connectivity index (χ4v) is 6.88. The van der Waals surface area contributed by atoms with E-state index in [0.29, 0.717) is 12.4 Å². The molecule has 1 unspecified atom stereocenters. The molecule has 0 saturated carbocycles. The summed E-state index contributed by atoms with van der Waals surface area (Å²) in [6.45, 7) is 7.25. The molecule has 1 atom stereocenters. The molecule has 6 rings (SSSR count). The van der Waals surface area contributed by atoms with Crippen LogP contribution < -0.4 is 9.80 Å². The van der Waals surface area contributed by atoms with Crippen molar-refractivity contribution in [1.82, 2.24) is 9.80 Å². The first-order chi connectivity index (χ1) is 17.6. The lowest BCUT2D eigenvalue weighted by molar-refractivity contribution is -0.124. The summed E-state index contributed by atoms with van der Waals surface area (Å²) in [4.78, 5) is 34.8. The van der Waals surface area contributed by atoms with Crippen molar-refractivity contribution in [2.24, 2.45) is 0 Å². The van der Waals surface area contributed by atoms with Gasteiger partial charge in [0.15, 0.2) is 0 Å². The van der Waals surface area contributed by atoms with Crippen LogP contribution in [0.2, 0.25) is 0 Å². The Morgan fingerprint density at radius 3 is 2.22 bits per heavy atom. The van der Waals surface area contributed by atoms with Gasteiger partial charge in [-0.2, -0.15) is 0 Å². The molecule has 3 heterocycles. The van der Waals surface area contributed by atoms with Gasteiger partial charge in [0.05, 0.1) is 18.1 Å². The van der Waals surface area contributed by atoms with E-state index in [4.69, 9.17) is 0 Å². The molecular formula is C29H30N4O2S.